The van der Waals surface area contributed by atoms with Crippen molar-refractivity contribution in [1.29, 1.82) is 0 Å². The van der Waals surface area contributed by atoms with Crippen LogP contribution in [0.5, 0.6) is 0 Å². The monoisotopic (exact) mass is 143 g/mol. The van der Waals surface area contributed by atoms with Crippen molar-refractivity contribution in [2.75, 3.05) is 19.8 Å². The van der Waals surface area contributed by atoms with E-state index in [4.69, 9.17) is 14.2 Å². The highest BCUT2D eigenvalue weighted by Gasteiger charge is 2.43. The van der Waals surface area contributed by atoms with E-state index in [-0.39, 0.29) is 0 Å². The van der Waals surface area contributed by atoms with Crippen LogP contribution < -0.4 is 0 Å². The Morgan fingerprint density at radius 2 is 1.70 bits per heavy atom. The van der Waals surface area contributed by atoms with Crippen LogP contribution in [0.1, 0.15) is 13.3 Å². The molecule has 0 aromatic carbocycles. The molecule has 3 fully saturated rings. The fourth-order valence-electron chi connectivity index (χ4n) is 1.19. The summed E-state index contributed by atoms with van der Waals surface area (Å²) in [6, 6.07) is 0. The third-order valence-corrected chi connectivity index (χ3v) is 1.92. The molecule has 3 heterocycles. The minimum absolute atomic E-state index is 0.693. The number of rotatable bonds is 1. The average Bonchev–Trinajstić information content (AvgIpc) is 2.08. The Balaban J connectivity index is 2.08. The molecule has 2 bridgehead atoms. The van der Waals surface area contributed by atoms with E-state index in [9.17, 15) is 0 Å². The van der Waals surface area contributed by atoms with Gasteiger partial charge in [-0.25, -0.2) is 0 Å². The van der Waals surface area contributed by atoms with Gasteiger partial charge in [0.15, 0.2) is 0 Å². The lowest BCUT2D eigenvalue weighted by molar-refractivity contribution is -0.422. The standard InChI is InChI=1S/C7H11O3/c1-2-7-8-3-6(4-9-7)5-10-7/h2-5H2,1H3. The molecule has 0 N–H and O–H groups in total. The molecule has 1 radical (unpaired) electrons. The van der Waals surface area contributed by atoms with Gasteiger partial charge in [-0.2, -0.15) is 0 Å². The summed E-state index contributed by atoms with van der Waals surface area (Å²) in [6.07, 6.45) is 0.764. The van der Waals surface area contributed by atoms with Crippen LogP contribution in [-0.4, -0.2) is 25.8 Å². The molecule has 0 aromatic rings. The fourth-order valence-corrected chi connectivity index (χ4v) is 1.19. The zero-order chi connectivity index (χ0) is 7.03. The molecule has 0 atom stereocenters. The molecule has 0 saturated carbocycles. The zero-order valence-electron chi connectivity index (χ0n) is 6.05. The smallest absolute Gasteiger partial charge is 0.282 e. The molecule has 3 nitrogen and oxygen atoms in total. The predicted octanol–water partition coefficient (Wildman–Crippen LogP) is 0.702. The van der Waals surface area contributed by atoms with Crippen LogP contribution in [0.15, 0.2) is 0 Å². The molecular formula is C7H11O3. The minimum atomic E-state index is -0.693. The summed E-state index contributed by atoms with van der Waals surface area (Å²) < 4.78 is 16.0. The van der Waals surface area contributed by atoms with E-state index in [2.05, 4.69) is 0 Å². The molecule has 3 saturated heterocycles. The molecule has 10 heavy (non-hydrogen) atoms. The predicted molar refractivity (Wildman–Crippen MR) is 34.1 cm³/mol. The first kappa shape index (κ1) is 6.58. The number of hydrogen-bond donors (Lipinski definition) is 0. The van der Waals surface area contributed by atoms with Gasteiger partial charge in [-0.15, -0.1) is 0 Å². The largest absolute Gasteiger partial charge is 0.327 e. The first-order chi connectivity index (χ1) is 4.85. The highest BCUT2D eigenvalue weighted by atomic mass is 16.9. The Hall–Kier alpha value is -0.120. The fraction of sp³-hybridized carbons (Fsp3) is 0.857. The first-order valence-electron chi connectivity index (χ1n) is 3.60. The molecule has 3 heteroatoms. The summed E-state index contributed by atoms with van der Waals surface area (Å²) in [5, 5.41) is 0. The van der Waals surface area contributed by atoms with Crippen molar-refractivity contribution in [2.45, 2.75) is 19.3 Å². The molecule has 0 spiro atoms. The van der Waals surface area contributed by atoms with E-state index in [1.165, 1.54) is 5.92 Å². The van der Waals surface area contributed by atoms with Crippen LogP contribution in [-0.2, 0) is 14.2 Å². The minimum Gasteiger partial charge on any atom is -0.327 e. The second kappa shape index (κ2) is 2.19. The van der Waals surface area contributed by atoms with Gasteiger partial charge in [0.2, 0.25) is 0 Å². The van der Waals surface area contributed by atoms with Gasteiger partial charge in [0.05, 0.1) is 25.7 Å². The van der Waals surface area contributed by atoms with Crippen molar-refractivity contribution in [3.63, 3.8) is 0 Å². The van der Waals surface area contributed by atoms with Crippen LogP contribution in [0.3, 0.4) is 0 Å². The first-order valence-corrected chi connectivity index (χ1v) is 3.60. The number of ether oxygens (including phenoxy) is 3. The van der Waals surface area contributed by atoms with Gasteiger partial charge in [-0.05, 0) is 0 Å². The molecule has 3 aliphatic rings. The molecule has 0 amide bonds. The van der Waals surface area contributed by atoms with Gasteiger partial charge in [0.25, 0.3) is 5.97 Å². The Bertz CT molecular complexity index is 113. The van der Waals surface area contributed by atoms with Crippen LogP contribution in [0.2, 0.25) is 0 Å². The quantitative estimate of drug-likeness (QED) is 0.540. The summed E-state index contributed by atoms with van der Waals surface area (Å²) in [5.41, 5.74) is 0. The van der Waals surface area contributed by atoms with Crippen molar-refractivity contribution in [1.82, 2.24) is 0 Å². The van der Waals surface area contributed by atoms with Crippen LogP contribution in [0.4, 0.5) is 0 Å². The SMILES string of the molecule is CCC12OC[C](CO1)CO2. The Morgan fingerprint density at radius 1 is 1.20 bits per heavy atom. The highest BCUT2D eigenvalue weighted by molar-refractivity contribution is 4.97. The summed E-state index contributed by atoms with van der Waals surface area (Å²) in [7, 11) is 0. The van der Waals surface area contributed by atoms with Crippen LogP contribution in [0.25, 0.3) is 0 Å². The Kier molecular flexibility index (Phi) is 1.44. The molecule has 3 rings (SSSR count). The topological polar surface area (TPSA) is 27.7 Å². The zero-order valence-corrected chi connectivity index (χ0v) is 6.05. The molecule has 0 aliphatic carbocycles. The van der Waals surface area contributed by atoms with Crippen molar-refractivity contribution < 1.29 is 14.2 Å². The summed E-state index contributed by atoms with van der Waals surface area (Å²) in [4.78, 5) is 0. The third-order valence-electron chi connectivity index (χ3n) is 1.92. The molecule has 0 aromatic heterocycles. The van der Waals surface area contributed by atoms with Crippen molar-refractivity contribution in [2.24, 2.45) is 0 Å². The van der Waals surface area contributed by atoms with E-state index < -0.39 is 5.97 Å². The Labute approximate surface area is 60.3 Å². The van der Waals surface area contributed by atoms with Crippen molar-refractivity contribution in [3.05, 3.63) is 5.92 Å². The molecular weight excluding hydrogens is 132 g/mol. The number of fused-ring (bicyclic) bond motifs is 3. The van der Waals surface area contributed by atoms with Crippen LogP contribution >= 0.6 is 0 Å². The summed E-state index contributed by atoms with van der Waals surface area (Å²) in [5.74, 6) is 0.511. The van der Waals surface area contributed by atoms with Crippen LogP contribution in [0, 0.1) is 5.92 Å². The van der Waals surface area contributed by atoms with E-state index in [1.54, 1.807) is 0 Å². The second-order valence-corrected chi connectivity index (χ2v) is 2.65. The second-order valence-electron chi connectivity index (χ2n) is 2.65. The molecule has 57 valence electrons. The van der Waals surface area contributed by atoms with Gasteiger partial charge in [0.1, 0.15) is 0 Å². The van der Waals surface area contributed by atoms with Gasteiger partial charge >= 0.3 is 0 Å². The normalized spacial score (nSPS) is 30.9. The van der Waals surface area contributed by atoms with Crippen molar-refractivity contribution >= 4 is 0 Å². The van der Waals surface area contributed by atoms with Gasteiger partial charge in [-0.3, -0.25) is 0 Å². The number of hydrogen-bond acceptors (Lipinski definition) is 3. The van der Waals surface area contributed by atoms with Gasteiger partial charge < -0.3 is 14.2 Å². The molecule has 3 aliphatic heterocycles. The summed E-state index contributed by atoms with van der Waals surface area (Å²) in [6.45, 7) is 4.14. The Morgan fingerprint density at radius 3 is 2.00 bits per heavy atom. The molecule has 0 unspecified atom stereocenters. The van der Waals surface area contributed by atoms with E-state index in [0.29, 0.717) is 19.8 Å². The highest BCUT2D eigenvalue weighted by Crippen LogP contribution is 2.33. The maximum absolute atomic E-state index is 5.33. The maximum Gasteiger partial charge on any atom is 0.282 e. The van der Waals surface area contributed by atoms with Gasteiger partial charge in [0, 0.05) is 6.42 Å². The van der Waals surface area contributed by atoms with Gasteiger partial charge in [-0.1, -0.05) is 6.92 Å². The third kappa shape index (κ3) is 0.856. The van der Waals surface area contributed by atoms with E-state index in [0.717, 1.165) is 6.42 Å². The lowest BCUT2D eigenvalue weighted by Gasteiger charge is -2.44. The average molecular weight is 143 g/mol. The lowest BCUT2D eigenvalue weighted by atomic mass is 10.1. The van der Waals surface area contributed by atoms with Crippen molar-refractivity contribution in [3.8, 4) is 0 Å². The lowest BCUT2D eigenvalue weighted by Crippen LogP contribution is -2.52. The van der Waals surface area contributed by atoms with E-state index >= 15 is 0 Å². The van der Waals surface area contributed by atoms with E-state index in [1.807, 2.05) is 6.92 Å². The maximum atomic E-state index is 5.33. The summed E-state index contributed by atoms with van der Waals surface area (Å²) >= 11 is 0.